The number of rotatable bonds is 3. The van der Waals surface area contributed by atoms with Gasteiger partial charge in [-0.1, -0.05) is 24.3 Å². The molecule has 0 bridgehead atoms. The number of anilines is 2. The minimum absolute atomic E-state index is 0.724. The zero-order chi connectivity index (χ0) is 14.9. The Balaban J connectivity index is 1.91. The van der Waals surface area contributed by atoms with Crippen molar-refractivity contribution in [1.82, 2.24) is 20.2 Å². The first-order chi connectivity index (χ1) is 10.8. The maximum Gasteiger partial charge on any atom is 0.172 e. The summed E-state index contributed by atoms with van der Waals surface area (Å²) in [5, 5.41) is 9.13. The molecule has 3 aromatic heterocycles. The molecule has 4 rings (SSSR count). The summed E-state index contributed by atoms with van der Waals surface area (Å²) in [6.45, 7) is 0. The van der Waals surface area contributed by atoms with E-state index in [4.69, 9.17) is 4.98 Å². The molecule has 0 fully saturated rings. The van der Waals surface area contributed by atoms with Crippen molar-refractivity contribution in [2.45, 2.75) is 0 Å². The third-order valence-corrected chi connectivity index (χ3v) is 4.35. The molecule has 0 saturated carbocycles. The first-order valence-electron chi connectivity index (χ1n) is 6.87. The minimum Gasteiger partial charge on any atom is -0.328 e. The molecule has 0 radical (unpaired) electrons. The van der Waals surface area contributed by atoms with E-state index in [9.17, 15) is 0 Å². The van der Waals surface area contributed by atoms with Gasteiger partial charge >= 0.3 is 0 Å². The fourth-order valence-corrected chi connectivity index (χ4v) is 3.01. The molecule has 0 aliphatic carbocycles. The predicted molar refractivity (Wildman–Crippen MR) is 89.5 cm³/mol. The van der Waals surface area contributed by atoms with Crippen LogP contribution in [-0.4, -0.2) is 27.2 Å². The van der Waals surface area contributed by atoms with Gasteiger partial charge in [-0.25, -0.2) is 9.97 Å². The fourth-order valence-electron chi connectivity index (χ4n) is 2.36. The quantitative estimate of drug-likeness (QED) is 0.624. The average Bonchev–Trinajstić information content (AvgIpc) is 3.25. The second-order valence-corrected chi connectivity index (χ2v) is 5.82. The Morgan fingerprint density at radius 3 is 2.68 bits per heavy atom. The van der Waals surface area contributed by atoms with Crippen LogP contribution in [0.3, 0.4) is 0 Å². The van der Waals surface area contributed by atoms with Crippen LogP contribution in [0, 0.1) is 0 Å². The third-order valence-electron chi connectivity index (χ3n) is 3.48. The molecule has 0 saturated heterocycles. The predicted octanol–water partition coefficient (Wildman–Crippen LogP) is 3.85. The highest BCUT2D eigenvalue weighted by Crippen LogP contribution is 2.30. The molecule has 0 spiro atoms. The Morgan fingerprint density at radius 1 is 1.05 bits per heavy atom. The second-order valence-electron chi connectivity index (χ2n) is 4.87. The van der Waals surface area contributed by atoms with Crippen molar-refractivity contribution in [3.63, 3.8) is 0 Å². The molecule has 6 heteroatoms. The summed E-state index contributed by atoms with van der Waals surface area (Å²) < 4.78 is 0. The number of aromatic amines is 1. The summed E-state index contributed by atoms with van der Waals surface area (Å²) in [6.07, 6.45) is 1.73. The van der Waals surface area contributed by atoms with Crippen LogP contribution in [0.4, 0.5) is 11.5 Å². The van der Waals surface area contributed by atoms with E-state index in [1.807, 2.05) is 47.7 Å². The standard InChI is InChI=1S/C16H13N5S/c1-21(11-6-3-2-4-7-11)16-14-12(10-17-20-14)18-15(19-16)13-8-5-9-22-13/h2-10H,1H3,(H,17,20). The third kappa shape index (κ3) is 2.14. The summed E-state index contributed by atoms with van der Waals surface area (Å²) in [6, 6.07) is 14.2. The largest absolute Gasteiger partial charge is 0.328 e. The number of H-pyrrole nitrogens is 1. The molecule has 0 aliphatic rings. The van der Waals surface area contributed by atoms with E-state index in [-0.39, 0.29) is 0 Å². The number of hydrogen-bond donors (Lipinski definition) is 1. The SMILES string of the molecule is CN(c1ccccc1)c1nc(-c2cccs2)nc2cn[nH]c12. The summed E-state index contributed by atoms with van der Waals surface area (Å²) in [5.41, 5.74) is 2.72. The minimum atomic E-state index is 0.724. The van der Waals surface area contributed by atoms with E-state index in [1.54, 1.807) is 17.5 Å². The molecule has 22 heavy (non-hydrogen) atoms. The zero-order valence-corrected chi connectivity index (χ0v) is 12.7. The first kappa shape index (κ1) is 13.0. The summed E-state index contributed by atoms with van der Waals surface area (Å²) in [5.74, 6) is 1.54. The lowest BCUT2D eigenvalue weighted by molar-refractivity contribution is 1.08. The van der Waals surface area contributed by atoms with Gasteiger partial charge in [-0.3, -0.25) is 5.10 Å². The number of benzene rings is 1. The highest BCUT2D eigenvalue weighted by Gasteiger charge is 2.15. The molecule has 0 unspecified atom stereocenters. The highest BCUT2D eigenvalue weighted by molar-refractivity contribution is 7.13. The maximum atomic E-state index is 4.75. The zero-order valence-electron chi connectivity index (χ0n) is 11.9. The molecule has 0 aliphatic heterocycles. The van der Waals surface area contributed by atoms with Gasteiger partial charge < -0.3 is 4.90 Å². The lowest BCUT2D eigenvalue weighted by Gasteiger charge is -2.19. The molecule has 1 aromatic carbocycles. The number of fused-ring (bicyclic) bond motifs is 1. The number of hydrogen-bond acceptors (Lipinski definition) is 5. The Morgan fingerprint density at radius 2 is 1.91 bits per heavy atom. The van der Waals surface area contributed by atoms with Crippen LogP contribution < -0.4 is 4.90 Å². The van der Waals surface area contributed by atoms with Crippen LogP contribution in [0.1, 0.15) is 0 Å². The van der Waals surface area contributed by atoms with Crippen LogP contribution in [-0.2, 0) is 0 Å². The number of aromatic nitrogens is 4. The number of para-hydroxylation sites is 1. The number of nitrogens with zero attached hydrogens (tertiary/aromatic N) is 4. The van der Waals surface area contributed by atoms with E-state index in [1.165, 1.54) is 0 Å². The summed E-state index contributed by atoms with van der Waals surface area (Å²) in [7, 11) is 2.00. The Kier molecular flexibility index (Phi) is 3.08. The molecular weight excluding hydrogens is 294 g/mol. The van der Waals surface area contributed by atoms with Gasteiger partial charge in [-0.15, -0.1) is 11.3 Å². The van der Waals surface area contributed by atoms with Crippen molar-refractivity contribution in [1.29, 1.82) is 0 Å². The van der Waals surface area contributed by atoms with Gasteiger partial charge in [0.1, 0.15) is 11.0 Å². The van der Waals surface area contributed by atoms with Gasteiger partial charge in [0.05, 0.1) is 11.1 Å². The van der Waals surface area contributed by atoms with Crippen LogP contribution in [0.25, 0.3) is 21.7 Å². The van der Waals surface area contributed by atoms with Crippen LogP contribution in [0.5, 0.6) is 0 Å². The van der Waals surface area contributed by atoms with Gasteiger partial charge in [0.2, 0.25) is 0 Å². The van der Waals surface area contributed by atoms with Crippen molar-refractivity contribution >= 4 is 33.9 Å². The normalized spacial score (nSPS) is 11.0. The molecule has 0 atom stereocenters. The van der Waals surface area contributed by atoms with Crippen molar-refractivity contribution in [3.05, 3.63) is 54.0 Å². The topological polar surface area (TPSA) is 57.7 Å². The van der Waals surface area contributed by atoms with Crippen LogP contribution in [0.2, 0.25) is 0 Å². The Labute approximate surface area is 131 Å². The van der Waals surface area contributed by atoms with Crippen LogP contribution in [0.15, 0.2) is 54.0 Å². The second kappa shape index (κ2) is 5.23. The van der Waals surface area contributed by atoms with Gasteiger partial charge in [0, 0.05) is 12.7 Å². The van der Waals surface area contributed by atoms with Crippen LogP contribution >= 0.6 is 11.3 Å². The maximum absolute atomic E-state index is 4.75. The molecule has 4 aromatic rings. The molecule has 5 nitrogen and oxygen atoms in total. The lowest BCUT2D eigenvalue weighted by Crippen LogP contribution is -2.12. The van der Waals surface area contributed by atoms with Crippen molar-refractivity contribution in [2.75, 3.05) is 11.9 Å². The van der Waals surface area contributed by atoms with E-state index in [2.05, 4.69) is 27.3 Å². The highest BCUT2D eigenvalue weighted by atomic mass is 32.1. The van der Waals surface area contributed by atoms with E-state index in [0.29, 0.717) is 0 Å². The van der Waals surface area contributed by atoms with E-state index < -0.39 is 0 Å². The number of thiophene rings is 1. The fraction of sp³-hybridized carbons (Fsp3) is 0.0625. The van der Waals surface area contributed by atoms with Gasteiger partial charge in [-0.05, 0) is 23.6 Å². The van der Waals surface area contributed by atoms with Crippen molar-refractivity contribution in [3.8, 4) is 10.7 Å². The van der Waals surface area contributed by atoms with Gasteiger partial charge in [0.15, 0.2) is 11.6 Å². The smallest absolute Gasteiger partial charge is 0.172 e. The van der Waals surface area contributed by atoms with E-state index in [0.717, 1.165) is 33.2 Å². The van der Waals surface area contributed by atoms with Crippen molar-refractivity contribution in [2.24, 2.45) is 0 Å². The van der Waals surface area contributed by atoms with E-state index >= 15 is 0 Å². The lowest BCUT2D eigenvalue weighted by atomic mass is 10.3. The number of nitrogens with one attached hydrogen (secondary N) is 1. The monoisotopic (exact) mass is 307 g/mol. The summed E-state index contributed by atoms with van der Waals surface area (Å²) in [4.78, 5) is 12.4. The molecule has 108 valence electrons. The molecule has 0 amide bonds. The summed E-state index contributed by atoms with van der Waals surface area (Å²) >= 11 is 1.63. The first-order valence-corrected chi connectivity index (χ1v) is 7.74. The van der Waals surface area contributed by atoms with Gasteiger partial charge in [0.25, 0.3) is 0 Å². The van der Waals surface area contributed by atoms with Gasteiger partial charge in [-0.2, -0.15) is 5.10 Å². The molecule has 3 heterocycles. The molecule has 1 N–H and O–H groups in total. The average molecular weight is 307 g/mol. The molecular formula is C16H13N5S. The Hall–Kier alpha value is -2.73. The van der Waals surface area contributed by atoms with Crippen molar-refractivity contribution < 1.29 is 0 Å². The Bertz CT molecular complexity index is 899.